The molecule has 2 aliphatic heterocycles. The third kappa shape index (κ3) is 5.07. The number of hydrogen-bond acceptors (Lipinski definition) is 3. The van der Waals surface area contributed by atoms with Crippen LogP contribution in [0.4, 0.5) is 37.7 Å². The Kier molecular flexibility index (Phi) is 7.05. The number of nitrogens with zero attached hydrogens (tertiary/aromatic N) is 3. The molecule has 0 bridgehead atoms. The lowest BCUT2D eigenvalue weighted by Crippen LogP contribution is -2.29. The second kappa shape index (κ2) is 10.2. The van der Waals surface area contributed by atoms with E-state index in [1.54, 1.807) is 6.07 Å². The molecule has 0 saturated carbocycles. The maximum absolute atomic E-state index is 14.3. The number of hydrogen-bond donors (Lipinski definition) is 0. The van der Waals surface area contributed by atoms with Gasteiger partial charge in [-0.3, -0.25) is 0 Å². The van der Waals surface area contributed by atoms with Crippen molar-refractivity contribution < 1.29 is 26.3 Å². The zero-order valence-electron chi connectivity index (χ0n) is 21.1. The smallest absolute Gasteiger partial charge is 0.371 e. The third-order valence-electron chi connectivity index (χ3n) is 7.34. The summed E-state index contributed by atoms with van der Waals surface area (Å²) in [5.41, 5.74) is 2.41. The molecule has 1 fully saturated rings. The molecule has 0 atom stereocenters. The van der Waals surface area contributed by atoms with E-state index in [1.807, 2.05) is 13.0 Å². The minimum absolute atomic E-state index is 0.0629. The Hall–Kier alpha value is -3.23. The molecule has 0 aromatic heterocycles. The summed E-state index contributed by atoms with van der Waals surface area (Å²) in [5.74, 6) is 0. The fourth-order valence-corrected chi connectivity index (χ4v) is 5.46. The summed E-state index contributed by atoms with van der Waals surface area (Å²) in [6.45, 7) is 3.55. The predicted octanol–water partition coefficient (Wildman–Crippen LogP) is 8.71. The zero-order chi connectivity index (χ0) is 27.1. The maximum Gasteiger partial charge on any atom is 0.418 e. The number of unbranched alkanes of at least 4 members (excludes halogenated alkanes) is 1. The van der Waals surface area contributed by atoms with Gasteiger partial charge in [-0.2, -0.15) is 31.4 Å². The fraction of sp³-hybridized carbons (Fsp3) is 0.414. The van der Waals surface area contributed by atoms with Gasteiger partial charge in [0.1, 0.15) is 0 Å². The van der Waals surface area contributed by atoms with E-state index in [-0.39, 0.29) is 5.69 Å². The van der Waals surface area contributed by atoms with E-state index in [9.17, 15) is 26.3 Å². The van der Waals surface area contributed by atoms with Crippen molar-refractivity contribution in [3.05, 3.63) is 82.1 Å². The molecular weight excluding hydrogens is 504 g/mol. The SMILES string of the molecule is CCC/C=C1/C2=C(CCC2)C(c2ccc(C(F)(F)F)cc2)=NN1c1cc(N2CCCC2)ccc1C(F)(F)F. The molecule has 202 valence electrons. The molecule has 0 radical (unpaired) electrons. The highest BCUT2D eigenvalue weighted by Crippen LogP contribution is 2.46. The Morgan fingerprint density at radius 2 is 1.53 bits per heavy atom. The summed E-state index contributed by atoms with van der Waals surface area (Å²) in [5, 5.41) is 6.14. The fourth-order valence-electron chi connectivity index (χ4n) is 5.46. The average molecular weight is 534 g/mol. The molecule has 2 aromatic rings. The van der Waals surface area contributed by atoms with Crippen LogP contribution in [0.2, 0.25) is 0 Å². The van der Waals surface area contributed by atoms with E-state index >= 15 is 0 Å². The topological polar surface area (TPSA) is 18.8 Å². The molecular formula is C29H29F6N3. The number of anilines is 2. The van der Waals surface area contributed by atoms with Gasteiger partial charge in [-0.15, -0.1) is 0 Å². The van der Waals surface area contributed by atoms with Crippen molar-refractivity contribution in [1.29, 1.82) is 0 Å². The molecule has 1 saturated heterocycles. The molecule has 5 rings (SSSR count). The van der Waals surface area contributed by atoms with Crippen LogP contribution in [-0.4, -0.2) is 18.8 Å². The van der Waals surface area contributed by atoms with Gasteiger partial charge in [0.05, 0.1) is 28.2 Å². The number of hydrazone groups is 1. The standard InChI is InChI=1S/C29H29F6N3/c1-2-3-9-25-22-7-6-8-23(22)27(19-10-12-20(13-11-19)28(30,31)32)36-38(25)26-18-21(37-16-4-5-17-37)14-15-24(26)29(33,34)35/h9-15,18H,2-8,16-17H2,1H3/b25-9-. The summed E-state index contributed by atoms with van der Waals surface area (Å²) >= 11 is 0. The molecule has 0 N–H and O–H groups in total. The number of allylic oxidation sites excluding steroid dienone is 3. The number of benzene rings is 2. The number of halogens is 6. The first kappa shape index (κ1) is 26.4. The first-order valence-corrected chi connectivity index (χ1v) is 13.0. The van der Waals surface area contributed by atoms with E-state index < -0.39 is 23.5 Å². The van der Waals surface area contributed by atoms with Gasteiger partial charge in [0.2, 0.25) is 0 Å². The highest BCUT2D eigenvalue weighted by molar-refractivity contribution is 6.15. The molecule has 2 heterocycles. The van der Waals surface area contributed by atoms with Crippen LogP contribution in [-0.2, 0) is 12.4 Å². The minimum Gasteiger partial charge on any atom is -0.371 e. The predicted molar refractivity (Wildman–Crippen MR) is 137 cm³/mol. The first-order valence-electron chi connectivity index (χ1n) is 13.0. The second-order valence-corrected chi connectivity index (χ2v) is 9.92. The molecule has 0 amide bonds. The maximum atomic E-state index is 14.3. The normalized spacial score (nSPS) is 19.4. The van der Waals surface area contributed by atoms with Crippen LogP contribution in [0.3, 0.4) is 0 Å². The molecule has 38 heavy (non-hydrogen) atoms. The van der Waals surface area contributed by atoms with E-state index in [1.165, 1.54) is 23.2 Å². The van der Waals surface area contributed by atoms with Gasteiger partial charge in [-0.1, -0.05) is 31.6 Å². The Morgan fingerprint density at radius 3 is 2.16 bits per heavy atom. The highest BCUT2D eigenvalue weighted by Gasteiger charge is 2.39. The Bertz CT molecular complexity index is 1280. The second-order valence-electron chi connectivity index (χ2n) is 9.92. The molecule has 9 heteroatoms. The minimum atomic E-state index is -4.61. The van der Waals surface area contributed by atoms with Crippen molar-refractivity contribution in [3.8, 4) is 0 Å². The largest absolute Gasteiger partial charge is 0.418 e. The van der Waals surface area contributed by atoms with Crippen LogP contribution >= 0.6 is 0 Å². The molecule has 3 aliphatic rings. The Labute approximate surface area is 218 Å². The lowest BCUT2D eigenvalue weighted by Gasteiger charge is -2.33. The van der Waals surface area contributed by atoms with E-state index in [2.05, 4.69) is 4.90 Å². The van der Waals surface area contributed by atoms with Gasteiger partial charge >= 0.3 is 12.4 Å². The molecule has 0 unspecified atom stereocenters. The quantitative estimate of drug-likeness (QED) is 0.358. The Balaban J connectivity index is 1.69. The molecule has 2 aromatic carbocycles. The van der Waals surface area contributed by atoms with Gasteiger partial charge in [-0.25, -0.2) is 5.01 Å². The summed E-state index contributed by atoms with van der Waals surface area (Å²) < 4.78 is 82.5. The van der Waals surface area contributed by atoms with E-state index in [0.717, 1.165) is 68.1 Å². The van der Waals surface area contributed by atoms with Gasteiger partial charge in [-0.05, 0) is 80.0 Å². The van der Waals surface area contributed by atoms with Gasteiger partial charge in [0.25, 0.3) is 0 Å². The summed E-state index contributed by atoms with van der Waals surface area (Å²) in [6, 6.07) is 8.89. The van der Waals surface area contributed by atoms with Crippen LogP contribution in [0.25, 0.3) is 0 Å². The van der Waals surface area contributed by atoms with Crippen molar-refractivity contribution >= 4 is 17.1 Å². The molecule has 0 spiro atoms. The van der Waals surface area contributed by atoms with Crippen molar-refractivity contribution in [2.24, 2.45) is 5.10 Å². The van der Waals surface area contributed by atoms with Crippen molar-refractivity contribution in [2.75, 3.05) is 23.0 Å². The summed E-state index contributed by atoms with van der Waals surface area (Å²) in [4.78, 5) is 2.07. The van der Waals surface area contributed by atoms with Gasteiger partial charge < -0.3 is 4.90 Å². The first-order chi connectivity index (χ1) is 18.1. The van der Waals surface area contributed by atoms with Gasteiger partial charge in [0, 0.05) is 24.3 Å². The van der Waals surface area contributed by atoms with E-state index in [0.29, 0.717) is 41.9 Å². The number of alkyl halides is 6. The van der Waals surface area contributed by atoms with Crippen molar-refractivity contribution in [1.82, 2.24) is 0 Å². The highest BCUT2D eigenvalue weighted by atomic mass is 19.4. The third-order valence-corrected chi connectivity index (χ3v) is 7.34. The summed E-state index contributed by atoms with van der Waals surface area (Å²) in [7, 11) is 0. The van der Waals surface area contributed by atoms with E-state index in [4.69, 9.17) is 5.10 Å². The van der Waals surface area contributed by atoms with Crippen molar-refractivity contribution in [3.63, 3.8) is 0 Å². The molecule has 3 nitrogen and oxygen atoms in total. The summed E-state index contributed by atoms with van der Waals surface area (Å²) in [6.07, 6.45) is -1.55. The lowest BCUT2D eigenvalue weighted by atomic mass is 9.94. The average Bonchev–Trinajstić information content (AvgIpc) is 3.58. The number of rotatable bonds is 5. The van der Waals surface area contributed by atoms with Crippen molar-refractivity contribution in [2.45, 2.75) is 64.2 Å². The van der Waals surface area contributed by atoms with Crippen LogP contribution < -0.4 is 9.91 Å². The monoisotopic (exact) mass is 533 g/mol. The van der Waals surface area contributed by atoms with Crippen LogP contribution in [0.1, 0.15) is 68.6 Å². The van der Waals surface area contributed by atoms with Crippen LogP contribution in [0.5, 0.6) is 0 Å². The van der Waals surface area contributed by atoms with Crippen LogP contribution in [0, 0.1) is 0 Å². The van der Waals surface area contributed by atoms with Crippen LogP contribution in [0.15, 0.2) is 70.5 Å². The lowest BCUT2D eigenvalue weighted by molar-refractivity contribution is -0.138. The molecule has 1 aliphatic carbocycles. The zero-order valence-corrected chi connectivity index (χ0v) is 21.1. The van der Waals surface area contributed by atoms with Gasteiger partial charge in [0.15, 0.2) is 0 Å². The Morgan fingerprint density at radius 1 is 0.842 bits per heavy atom.